The van der Waals surface area contributed by atoms with E-state index in [4.69, 9.17) is 17.3 Å². The zero-order valence-corrected chi connectivity index (χ0v) is 11.3. The first kappa shape index (κ1) is 12.6. The minimum atomic E-state index is 0.287. The van der Waals surface area contributed by atoms with Gasteiger partial charge in [-0.2, -0.15) is 0 Å². The molecule has 0 radical (unpaired) electrons. The van der Waals surface area contributed by atoms with Crippen LogP contribution >= 0.6 is 22.9 Å². The Balaban J connectivity index is 2.16. The number of nitrogens with two attached hydrogens (primary N) is 1. The Kier molecular flexibility index (Phi) is 4.15. The summed E-state index contributed by atoms with van der Waals surface area (Å²) >= 11 is 7.68. The molecule has 1 heterocycles. The van der Waals surface area contributed by atoms with Gasteiger partial charge in [-0.1, -0.05) is 23.7 Å². The average molecular weight is 267 g/mol. The lowest BCUT2D eigenvalue weighted by Gasteiger charge is -2.14. The summed E-state index contributed by atoms with van der Waals surface area (Å²) in [5.74, 6) is 0.287. The van der Waals surface area contributed by atoms with E-state index in [1.165, 1.54) is 5.56 Å². The molecule has 0 saturated heterocycles. The number of thiazole rings is 1. The maximum atomic E-state index is 6.00. The number of hydrogen-bond donors (Lipinski definition) is 1. The lowest BCUT2D eigenvalue weighted by atomic mass is 9.95. The second-order valence-corrected chi connectivity index (χ2v) is 5.55. The van der Waals surface area contributed by atoms with Gasteiger partial charge in [0.2, 0.25) is 0 Å². The average Bonchev–Trinajstić information content (AvgIpc) is 2.72. The normalized spacial score (nSPS) is 12.6. The summed E-state index contributed by atoms with van der Waals surface area (Å²) in [5.41, 5.74) is 8.14. The van der Waals surface area contributed by atoms with Gasteiger partial charge in [-0.25, -0.2) is 4.98 Å². The van der Waals surface area contributed by atoms with Crippen LogP contribution in [0.1, 0.15) is 22.2 Å². The molecule has 4 heteroatoms. The third kappa shape index (κ3) is 3.28. The van der Waals surface area contributed by atoms with Crippen LogP contribution in [0.25, 0.3) is 0 Å². The van der Waals surface area contributed by atoms with Crippen LogP contribution in [-0.2, 0) is 6.42 Å². The van der Waals surface area contributed by atoms with E-state index in [2.05, 4.69) is 16.4 Å². The molecule has 0 fully saturated rings. The summed E-state index contributed by atoms with van der Waals surface area (Å²) in [6.45, 7) is 2.63. The van der Waals surface area contributed by atoms with Crippen molar-refractivity contribution in [2.45, 2.75) is 19.3 Å². The number of hydrogen-bond acceptors (Lipinski definition) is 3. The van der Waals surface area contributed by atoms with Crippen LogP contribution in [-0.4, -0.2) is 11.5 Å². The molecule has 0 spiro atoms. The lowest BCUT2D eigenvalue weighted by molar-refractivity contribution is 0.684. The minimum Gasteiger partial charge on any atom is -0.330 e. The van der Waals surface area contributed by atoms with Crippen molar-refractivity contribution in [3.05, 3.63) is 50.9 Å². The van der Waals surface area contributed by atoms with Gasteiger partial charge < -0.3 is 5.73 Å². The highest BCUT2D eigenvalue weighted by Gasteiger charge is 2.12. The molecule has 2 rings (SSSR count). The lowest BCUT2D eigenvalue weighted by Crippen LogP contribution is -2.15. The number of aromatic nitrogens is 1. The fourth-order valence-corrected chi connectivity index (χ4v) is 2.68. The third-order valence-corrected chi connectivity index (χ3v) is 3.78. The summed E-state index contributed by atoms with van der Waals surface area (Å²) in [5, 5.41) is 3.96. The largest absolute Gasteiger partial charge is 0.330 e. The van der Waals surface area contributed by atoms with E-state index >= 15 is 0 Å². The van der Waals surface area contributed by atoms with Crippen molar-refractivity contribution < 1.29 is 0 Å². The van der Waals surface area contributed by atoms with Crippen molar-refractivity contribution in [3.63, 3.8) is 0 Å². The molecule has 1 atom stereocenters. The van der Waals surface area contributed by atoms with E-state index in [9.17, 15) is 0 Å². The van der Waals surface area contributed by atoms with Gasteiger partial charge >= 0.3 is 0 Å². The highest BCUT2D eigenvalue weighted by atomic mass is 35.5. The Labute approximate surface area is 110 Å². The summed E-state index contributed by atoms with van der Waals surface area (Å²) < 4.78 is 0. The van der Waals surface area contributed by atoms with E-state index in [1.807, 2.05) is 25.1 Å². The molecular weight excluding hydrogens is 252 g/mol. The number of halogens is 1. The van der Waals surface area contributed by atoms with E-state index in [0.29, 0.717) is 6.54 Å². The Hall–Kier alpha value is -0.900. The zero-order chi connectivity index (χ0) is 12.3. The first-order valence-electron chi connectivity index (χ1n) is 5.55. The van der Waals surface area contributed by atoms with Gasteiger partial charge in [0.1, 0.15) is 0 Å². The number of benzene rings is 1. The molecule has 1 aromatic carbocycles. The summed E-state index contributed by atoms with van der Waals surface area (Å²) in [6, 6.07) is 7.90. The van der Waals surface area contributed by atoms with Crippen LogP contribution in [0, 0.1) is 6.92 Å². The molecular formula is C13H15ClN2S. The smallest absolute Gasteiger partial charge is 0.0897 e. The quantitative estimate of drug-likeness (QED) is 0.921. The molecule has 0 aliphatic rings. The molecule has 2 N–H and O–H groups in total. The first-order valence-corrected chi connectivity index (χ1v) is 6.81. The van der Waals surface area contributed by atoms with Crippen molar-refractivity contribution in [1.82, 2.24) is 4.98 Å². The minimum absolute atomic E-state index is 0.287. The molecule has 0 aliphatic carbocycles. The van der Waals surface area contributed by atoms with Crippen molar-refractivity contribution in [3.8, 4) is 0 Å². The van der Waals surface area contributed by atoms with Gasteiger partial charge in [-0.3, -0.25) is 0 Å². The predicted octanol–water partition coefficient (Wildman–Crippen LogP) is 3.39. The fraction of sp³-hybridized carbons (Fsp3) is 0.308. The Morgan fingerprint density at radius 2 is 2.29 bits per heavy atom. The topological polar surface area (TPSA) is 38.9 Å². The highest BCUT2D eigenvalue weighted by molar-refractivity contribution is 7.09. The fourth-order valence-electron chi connectivity index (χ4n) is 1.85. The van der Waals surface area contributed by atoms with Gasteiger partial charge in [-0.05, 0) is 37.6 Å². The second-order valence-electron chi connectivity index (χ2n) is 4.05. The van der Waals surface area contributed by atoms with Gasteiger partial charge in [0.05, 0.1) is 10.7 Å². The van der Waals surface area contributed by atoms with Crippen LogP contribution in [0.4, 0.5) is 0 Å². The third-order valence-electron chi connectivity index (χ3n) is 2.73. The summed E-state index contributed by atoms with van der Waals surface area (Å²) in [6.07, 6.45) is 0.876. The number of aryl methyl sites for hydroxylation is 1. The zero-order valence-electron chi connectivity index (χ0n) is 9.69. The molecule has 0 bridgehead atoms. The molecule has 0 amide bonds. The Morgan fingerprint density at radius 3 is 2.88 bits per heavy atom. The highest BCUT2D eigenvalue weighted by Crippen LogP contribution is 2.23. The molecule has 2 aromatic rings. The summed E-state index contributed by atoms with van der Waals surface area (Å²) in [4.78, 5) is 4.48. The van der Waals surface area contributed by atoms with Crippen molar-refractivity contribution >= 4 is 22.9 Å². The molecule has 1 unspecified atom stereocenters. The summed E-state index contributed by atoms with van der Waals surface area (Å²) in [7, 11) is 0. The van der Waals surface area contributed by atoms with Gasteiger partial charge in [0.25, 0.3) is 0 Å². The van der Waals surface area contributed by atoms with E-state index in [1.54, 1.807) is 11.3 Å². The van der Waals surface area contributed by atoms with E-state index < -0.39 is 0 Å². The monoisotopic (exact) mass is 266 g/mol. The second kappa shape index (κ2) is 5.63. The molecule has 1 aromatic heterocycles. The van der Waals surface area contributed by atoms with Crippen molar-refractivity contribution in [1.29, 1.82) is 0 Å². The van der Waals surface area contributed by atoms with Crippen LogP contribution in [0.5, 0.6) is 0 Å². The van der Waals surface area contributed by atoms with Crippen LogP contribution in [0.15, 0.2) is 29.6 Å². The van der Waals surface area contributed by atoms with E-state index in [-0.39, 0.29) is 5.92 Å². The van der Waals surface area contributed by atoms with Crippen molar-refractivity contribution in [2.24, 2.45) is 5.73 Å². The molecule has 0 saturated carbocycles. The van der Waals surface area contributed by atoms with E-state index in [0.717, 1.165) is 22.1 Å². The Bertz CT molecular complexity index is 496. The first-order chi connectivity index (χ1) is 8.19. The Morgan fingerprint density at radius 1 is 1.47 bits per heavy atom. The van der Waals surface area contributed by atoms with Crippen LogP contribution in [0.2, 0.25) is 5.02 Å². The molecule has 90 valence electrons. The van der Waals surface area contributed by atoms with Crippen LogP contribution < -0.4 is 5.73 Å². The van der Waals surface area contributed by atoms with Crippen molar-refractivity contribution in [2.75, 3.05) is 6.54 Å². The number of rotatable bonds is 4. The maximum absolute atomic E-state index is 6.00. The van der Waals surface area contributed by atoms with Gasteiger partial charge in [0.15, 0.2) is 0 Å². The van der Waals surface area contributed by atoms with Gasteiger partial charge in [0, 0.05) is 16.3 Å². The maximum Gasteiger partial charge on any atom is 0.0897 e. The predicted molar refractivity (Wildman–Crippen MR) is 73.8 cm³/mol. The standard InChI is InChI=1S/C13H15ClN2S/c1-9-16-13(8-17-9)6-11(7-15)10-3-2-4-12(14)5-10/h2-5,8,11H,6-7,15H2,1H3. The van der Waals surface area contributed by atoms with Crippen LogP contribution in [0.3, 0.4) is 0 Å². The van der Waals surface area contributed by atoms with Gasteiger partial charge in [-0.15, -0.1) is 11.3 Å². The molecule has 2 nitrogen and oxygen atoms in total. The molecule has 17 heavy (non-hydrogen) atoms. The number of nitrogens with zero attached hydrogens (tertiary/aromatic N) is 1. The SMILES string of the molecule is Cc1nc(CC(CN)c2cccc(Cl)c2)cs1. The molecule has 0 aliphatic heterocycles.